The third-order valence-corrected chi connectivity index (χ3v) is 5.18. The molecule has 150 valence electrons. The standard InChI is InChI=1S/C17H20N4O5S2/c1-28(25,26)21-17-20-13(10-27-17)16(24)19-12(15(23)14(22)7-8-18)9-11-5-3-2-4-6-11/h2-6,10,12,14-15,22-23H,7,9H2,1H3,(H,19,24)(H,20,21). The molecular weight excluding hydrogens is 404 g/mol. The van der Waals surface area contributed by atoms with Gasteiger partial charge in [0.15, 0.2) is 5.13 Å². The van der Waals surface area contributed by atoms with E-state index in [9.17, 15) is 23.4 Å². The molecule has 0 radical (unpaired) electrons. The van der Waals surface area contributed by atoms with Gasteiger partial charge >= 0.3 is 0 Å². The molecule has 3 atom stereocenters. The zero-order valence-corrected chi connectivity index (χ0v) is 16.6. The van der Waals surface area contributed by atoms with Crippen LogP contribution < -0.4 is 10.0 Å². The summed E-state index contributed by atoms with van der Waals surface area (Å²) in [5, 5.41) is 33.1. The van der Waals surface area contributed by atoms with Gasteiger partial charge in [0.2, 0.25) is 10.0 Å². The van der Waals surface area contributed by atoms with E-state index < -0.39 is 34.2 Å². The number of aromatic nitrogens is 1. The van der Waals surface area contributed by atoms with Crippen molar-refractivity contribution in [2.24, 2.45) is 0 Å². The number of amides is 1. The Morgan fingerprint density at radius 2 is 2.00 bits per heavy atom. The van der Waals surface area contributed by atoms with Crippen LogP contribution >= 0.6 is 11.3 Å². The Morgan fingerprint density at radius 1 is 1.32 bits per heavy atom. The first kappa shape index (κ1) is 21.8. The molecule has 0 bridgehead atoms. The van der Waals surface area contributed by atoms with Crippen LogP contribution in [-0.4, -0.2) is 54.0 Å². The van der Waals surface area contributed by atoms with Gasteiger partial charge < -0.3 is 15.5 Å². The van der Waals surface area contributed by atoms with Crippen LogP contribution in [-0.2, 0) is 16.4 Å². The molecule has 2 rings (SSSR count). The minimum absolute atomic E-state index is 0.0313. The number of rotatable bonds is 9. The normalized spacial score (nSPS) is 14.5. The van der Waals surface area contributed by atoms with Crippen molar-refractivity contribution in [2.75, 3.05) is 11.0 Å². The van der Waals surface area contributed by atoms with Crippen molar-refractivity contribution in [3.8, 4) is 6.07 Å². The Morgan fingerprint density at radius 3 is 2.61 bits per heavy atom. The van der Waals surface area contributed by atoms with Crippen LogP contribution in [0, 0.1) is 11.3 Å². The summed E-state index contributed by atoms with van der Waals surface area (Å²) in [6.45, 7) is 0. The van der Waals surface area contributed by atoms with Crippen LogP contribution in [0.25, 0.3) is 0 Å². The monoisotopic (exact) mass is 424 g/mol. The van der Waals surface area contributed by atoms with Crippen molar-refractivity contribution in [1.82, 2.24) is 10.3 Å². The van der Waals surface area contributed by atoms with E-state index >= 15 is 0 Å². The molecule has 9 nitrogen and oxygen atoms in total. The predicted molar refractivity (Wildman–Crippen MR) is 104 cm³/mol. The maximum Gasteiger partial charge on any atom is 0.271 e. The van der Waals surface area contributed by atoms with Crippen molar-refractivity contribution < 1.29 is 23.4 Å². The molecule has 0 saturated heterocycles. The Labute approximate surface area is 166 Å². The average molecular weight is 425 g/mol. The number of anilines is 1. The van der Waals surface area contributed by atoms with Gasteiger partial charge in [-0.05, 0) is 12.0 Å². The molecule has 0 saturated carbocycles. The van der Waals surface area contributed by atoms with E-state index in [1.54, 1.807) is 30.3 Å². The van der Waals surface area contributed by atoms with Crippen LogP contribution in [0.2, 0.25) is 0 Å². The molecule has 28 heavy (non-hydrogen) atoms. The number of carbonyl (C=O) groups excluding carboxylic acids is 1. The number of aliphatic hydroxyl groups excluding tert-OH is 2. The van der Waals surface area contributed by atoms with E-state index in [2.05, 4.69) is 15.0 Å². The van der Waals surface area contributed by atoms with E-state index in [1.807, 2.05) is 6.07 Å². The Hall–Kier alpha value is -2.52. The second-order valence-corrected chi connectivity index (χ2v) is 8.71. The lowest BCUT2D eigenvalue weighted by molar-refractivity contribution is -0.000377. The minimum Gasteiger partial charge on any atom is -0.389 e. The molecule has 11 heteroatoms. The van der Waals surface area contributed by atoms with Gasteiger partial charge in [0.25, 0.3) is 5.91 Å². The number of hydrogen-bond donors (Lipinski definition) is 4. The molecule has 1 amide bonds. The highest BCUT2D eigenvalue weighted by Crippen LogP contribution is 2.17. The number of benzene rings is 1. The zero-order chi connectivity index (χ0) is 20.7. The number of nitrogens with zero attached hydrogens (tertiary/aromatic N) is 2. The van der Waals surface area contributed by atoms with E-state index in [4.69, 9.17) is 5.26 Å². The summed E-state index contributed by atoms with van der Waals surface area (Å²) in [6.07, 6.45) is -1.82. The molecule has 1 aromatic carbocycles. The second kappa shape index (κ2) is 9.61. The van der Waals surface area contributed by atoms with Crippen molar-refractivity contribution in [1.29, 1.82) is 5.26 Å². The fourth-order valence-electron chi connectivity index (χ4n) is 2.43. The molecule has 0 aliphatic carbocycles. The lowest BCUT2D eigenvalue weighted by Gasteiger charge is -2.26. The number of aliphatic hydroxyl groups is 2. The van der Waals surface area contributed by atoms with Gasteiger partial charge in [-0.2, -0.15) is 5.26 Å². The quantitative estimate of drug-likeness (QED) is 0.457. The van der Waals surface area contributed by atoms with Gasteiger partial charge in [-0.15, -0.1) is 11.3 Å². The number of sulfonamides is 1. The molecule has 0 aliphatic rings. The van der Waals surface area contributed by atoms with Gasteiger partial charge in [-0.25, -0.2) is 13.4 Å². The molecule has 1 heterocycles. The summed E-state index contributed by atoms with van der Waals surface area (Å²) in [6, 6.07) is 9.93. The van der Waals surface area contributed by atoms with Gasteiger partial charge in [0, 0.05) is 5.38 Å². The lowest BCUT2D eigenvalue weighted by atomic mass is 9.96. The minimum atomic E-state index is -3.52. The largest absolute Gasteiger partial charge is 0.389 e. The Kier molecular flexibility index (Phi) is 7.47. The number of nitriles is 1. The molecular formula is C17H20N4O5S2. The van der Waals surface area contributed by atoms with Crippen molar-refractivity contribution in [2.45, 2.75) is 31.1 Å². The van der Waals surface area contributed by atoms with Crippen LogP contribution in [0.5, 0.6) is 0 Å². The van der Waals surface area contributed by atoms with Crippen LogP contribution in [0.4, 0.5) is 5.13 Å². The summed E-state index contributed by atoms with van der Waals surface area (Å²) in [5.74, 6) is -0.637. The van der Waals surface area contributed by atoms with Gasteiger partial charge in [0.05, 0.1) is 30.9 Å². The van der Waals surface area contributed by atoms with Crippen molar-refractivity contribution in [3.05, 3.63) is 47.0 Å². The smallest absolute Gasteiger partial charge is 0.271 e. The van der Waals surface area contributed by atoms with Gasteiger partial charge in [-0.3, -0.25) is 9.52 Å². The molecule has 3 unspecified atom stereocenters. The molecule has 0 fully saturated rings. The summed E-state index contributed by atoms with van der Waals surface area (Å²) in [4.78, 5) is 16.4. The SMILES string of the molecule is CS(=O)(=O)Nc1nc(C(=O)NC(Cc2ccccc2)C(O)C(O)CC#N)cs1. The number of thiazole rings is 1. The fraction of sp³-hybridized carbons (Fsp3) is 0.353. The first-order chi connectivity index (χ1) is 13.2. The van der Waals surface area contributed by atoms with E-state index in [-0.39, 0.29) is 23.7 Å². The van der Waals surface area contributed by atoms with Gasteiger partial charge in [-0.1, -0.05) is 30.3 Å². The maximum absolute atomic E-state index is 12.5. The van der Waals surface area contributed by atoms with Gasteiger partial charge in [0.1, 0.15) is 11.8 Å². The molecule has 0 aliphatic heterocycles. The summed E-state index contributed by atoms with van der Waals surface area (Å²) >= 11 is 0.941. The van der Waals surface area contributed by atoms with Crippen molar-refractivity contribution in [3.63, 3.8) is 0 Å². The van der Waals surface area contributed by atoms with Crippen molar-refractivity contribution >= 4 is 32.4 Å². The first-order valence-electron chi connectivity index (χ1n) is 8.21. The molecule has 4 N–H and O–H groups in total. The maximum atomic E-state index is 12.5. The average Bonchev–Trinajstić information content (AvgIpc) is 3.08. The predicted octanol–water partition coefficient (Wildman–Crippen LogP) is 0.491. The van der Waals surface area contributed by atoms with E-state index in [0.29, 0.717) is 0 Å². The second-order valence-electron chi connectivity index (χ2n) is 6.10. The molecule has 2 aromatic rings. The lowest BCUT2D eigenvalue weighted by Crippen LogP contribution is -2.49. The van der Waals surface area contributed by atoms with E-state index in [0.717, 1.165) is 23.2 Å². The van der Waals surface area contributed by atoms with E-state index in [1.165, 1.54) is 5.38 Å². The Bertz CT molecular complexity index is 940. The first-order valence-corrected chi connectivity index (χ1v) is 11.0. The fourth-order valence-corrected chi connectivity index (χ4v) is 3.98. The summed E-state index contributed by atoms with van der Waals surface area (Å²) in [7, 11) is -3.52. The molecule has 1 aromatic heterocycles. The number of carbonyl (C=O) groups is 1. The Balaban J connectivity index is 2.16. The number of nitrogens with one attached hydrogen (secondary N) is 2. The summed E-state index contributed by atoms with van der Waals surface area (Å²) in [5.41, 5.74) is 0.782. The summed E-state index contributed by atoms with van der Waals surface area (Å²) < 4.78 is 24.7. The highest BCUT2D eigenvalue weighted by Gasteiger charge is 2.29. The third kappa shape index (κ3) is 6.58. The molecule has 0 spiro atoms. The highest BCUT2D eigenvalue weighted by molar-refractivity contribution is 7.92. The third-order valence-electron chi connectivity index (χ3n) is 3.73. The number of hydrogen-bond acceptors (Lipinski definition) is 8. The zero-order valence-electron chi connectivity index (χ0n) is 14.9. The van der Waals surface area contributed by atoms with Crippen LogP contribution in [0.15, 0.2) is 35.7 Å². The highest BCUT2D eigenvalue weighted by atomic mass is 32.2. The van der Waals surface area contributed by atoms with Crippen LogP contribution in [0.1, 0.15) is 22.5 Å². The topological polar surface area (TPSA) is 152 Å². The van der Waals surface area contributed by atoms with Crippen LogP contribution in [0.3, 0.4) is 0 Å².